The molecule has 1 saturated carbocycles. The van der Waals surface area contributed by atoms with Crippen molar-refractivity contribution in [3.63, 3.8) is 0 Å². The SMILES string of the molecule is C[C@@H]1CNCCN1C(=O)[C@H]1CC[C@@H](n2/c(=N/C(=O)c3ccc(C#N)cc3)[nH]c3cnc(OCCN4CCCCC4)cc32)CC1. The zero-order valence-electron chi connectivity index (χ0n) is 25.5. The highest BCUT2D eigenvalue weighted by Gasteiger charge is 2.33. The van der Waals surface area contributed by atoms with Gasteiger partial charge in [0.25, 0.3) is 5.91 Å². The van der Waals surface area contributed by atoms with Gasteiger partial charge in [-0.25, -0.2) is 4.98 Å². The van der Waals surface area contributed by atoms with Crippen LogP contribution >= 0.6 is 0 Å². The number of likely N-dealkylation sites (tertiary alicyclic amines) is 1. The molecule has 2 saturated heterocycles. The molecule has 44 heavy (non-hydrogen) atoms. The molecule has 11 heteroatoms. The number of aromatic amines is 1. The van der Waals surface area contributed by atoms with Crippen molar-refractivity contribution in [2.24, 2.45) is 10.9 Å². The minimum atomic E-state index is -0.391. The summed E-state index contributed by atoms with van der Waals surface area (Å²) >= 11 is 0. The summed E-state index contributed by atoms with van der Waals surface area (Å²) in [6.45, 7) is 8.20. The maximum atomic E-state index is 13.4. The number of carbonyl (C=O) groups excluding carboxylic acids is 2. The van der Waals surface area contributed by atoms with Crippen LogP contribution in [0.1, 0.15) is 73.8 Å². The number of piperidine rings is 1. The minimum Gasteiger partial charge on any atom is -0.476 e. The Kier molecular flexibility index (Phi) is 9.38. The van der Waals surface area contributed by atoms with E-state index in [2.05, 4.69) is 42.7 Å². The van der Waals surface area contributed by atoms with E-state index in [1.807, 2.05) is 11.0 Å². The van der Waals surface area contributed by atoms with Crippen molar-refractivity contribution < 1.29 is 14.3 Å². The van der Waals surface area contributed by atoms with Crippen molar-refractivity contribution >= 4 is 22.8 Å². The molecule has 3 aromatic rings. The minimum absolute atomic E-state index is 0.00799. The zero-order valence-corrected chi connectivity index (χ0v) is 25.5. The number of fused-ring (bicyclic) bond motifs is 1. The van der Waals surface area contributed by atoms with Crippen LogP contribution in [0.3, 0.4) is 0 Å². The summed E-state index contributed by atoms with van der Waals surface area (Å²) in [6, 6.07) is 10.8. The van der Waals surface area contributed by atoms with Crippen LogP contribution in [0.25, 0.3) is 11.0 Å². The van der Waals surface area contributed by atoms with Crippen LogP contribution in [0.5, 0.6) is 5.88 Å². The summed E-state index contributed by atoms with van der Waals surface area (Å²) in [7, 11) is 0. The maximum Gasteiger partial charge on any atom is 0.280 e. The molecule has 2 aliphatic heterocycles. The molecular weight excluding hydrogens is 556 g/mol. The first-order valence-corrected chi connectivity index (χ1v) is 16.1. The molecule has 0 unspecified atom stereocenters. The van der Waals surface area contributed by atoms with E-state index in [0.717, 1.165) is 76.0 Å². The monoisotopic (exact) mass is 598 g/mol. The molecule has 1 aliphatic carbocycles. The van der Waals surface area contributed by atoms with Crippen LogP contribution in [-0.4, -0.2) is 88.1 Å². The number of nitrogens with zero attached hydrogens (tertiary/aromatic N) is 6. The molecule has 2 aromatic heterocycles. The van der Waals surface area contributed by atoms with E-state index in [9.17, 15) is 9.59 Å². The van der Waals surface area contributed by atoms with Gasteiger partial charge >= 0.3 is 0 Å². The molecule has 1 atom stereocenters. The summed E-state index contributed by atoms with van der Waals surface area (Å²) < 4.78 is 8.21. The molecule has 232 valence electrons. The molecule has 2 amide bonds. The quantitative estimate of drug-likeness (QED) is 0.426. The number of H-pyrrole nitrogens is 1. The lowest BCUT2D eigenvalue weighted by Crippen LogP contribution is -2.54. The predicted molar refractivity (Wildman–Crippen MR) is 166 cm³/mol. The van der Waals surface area contributed by atoms with E-state index >= 15 is 0 Å². The highest BCUT2D eigenvalue weighted by atomic mass is 16.5. The van der Waals surface area contributed by atoms with Gasteiger partial charge < -0.3 is 24.5 Å². The van der Waals surface area contributed by atoms with Gasteiger partial charge in [0.1, 0.15) is 6.61 Å². The number of pyridine rings is 1. The summed E-state index contributed by atoms with van der Waals surface area (Å²) in [5.74, 6) is 0.422. The van der Waals surface area contributed by atoms with E-state index in [1.54, 1.807) is 30.5 Å². The fourth-order valence-electron chi connectivity index (χ4n) is 6.84. The van der Waals surface area contributed by atoms with E-state index in [0.29, 0.717) is 29.2 Å². The van der Waals surface area contributed by atoms with E-state index in [4.69, 9.17) is 10.00 Å². The van der Waals surface area contributed by atoms with Crippen LogP contribution in [-0.2, 0) is 4.79 Å². The van der Waals surface area contributed by atoms with E-state index in [-0.39, 0.29) is 23.9 Å². The average molecular weight is 599 g/mol. The van der Waals surface area contributed by atoms with Gasteiger partial charge in [0, 0.05) is 55.8 Å². The summed E-state index contributed by atoms with van der Waals surface area (Å²) in [4.78, 5) is 43.5. The normalized spacial score (nSPS) is 23.4. The van der Waals surface area contributed by atoms with Crippen molar-refractivity contribution in [1.82, 2.24) is 29.7 Å². The third-order valence-electron chi connectivity index (χ3n) is 9.36. The van der Waals surface area contributed by atoms with Gasteiger partial charge in [-0.3, -0.25) is 14.5 Å². The Bertz CT molecular complexity index is 1570. The van der Waals surface area contributed by atoms with Crippen molar-refractivity contribution in [3.8, 4) is 11.9 Å². The summed E-state index contributed by atoms with van der Waals surface area (Å²) in [5.41, 5.74) is 3.00. The molecule has 4 heterocycles. The molecule has 11 nitrogen and oxygen atoms in total. The lowest BCUT2D eigenvalue weighted by atomic mass is 9.84. The van der Waals surface area contributed by atoms with E-state index in [1.165, 1.54) is 19.3 Å². The van der Waals surface area contributed by atoms with Gasteiger partial charge in [0.05, 0.1) is 28.9 Å². The number of hydrogen-bond donors (Lipinski definition) is 2. The largest absolute Gasteiger partial charge is 0.476 e. The Morgan fingerprint density at radius 3 is 2.59 bits per heavy atom. The molecule has 0 bridgehead atoms. The molecule has 0 spiro atoms. The predicted octanol–water partition coefficient (Wildman–Crippen LogP) is 3.39. The van der Waals surface area contributed by atoms with E-state index < -0.39 is 5.91 Å². The molecule has 3 fully saturated rings. The number of carbonyl (C=O) groups is 2. The van der Waals surface area contributed by atoms with Crippen molar-refractivity contribution in [3.05, 3.63) is 53.3 Å². The Hall–Kier alpha value is -4.01. The van der Waals surface area contributed by atoms with Crippen LogP contribution < -0.4 is 15.7 Å². The first kappa shape index (κ1) is 30.0. The van der Waals surface area contributed by atoms with Crippen LogP contribution in [0.2, 0.25) is 0 Å². The maximum absolute atomic E-state index is 13.4. The highest BCUT2D eigenvalue weighted by molar-refractivity contribution is 5.95. The number of rotatable bonds is 7. The van der Waals surface area contributed by atoms with Gasteiger partial charge in [0.15, 0.2) is 0 Å². The topological polar surface area (TPSA) is 132 Å². The van der Waals surface area contributed by atoms with Gasteiger partial charge in [0.2, 0.25) is 17.4 Å². The molecular formula is C33H42N8O3. The molecule has 6 rings (SSSR count). The summed E-state index contributed by atoms with van der Waals surface area (Å²) in [5, 5.41) is 12.5. The van der Waals surface area contributed by atoms with Gasteiger partial charge in [-0.2, -0.15) is 10.3 Å². The number of ether oxygens (including phenoxy) is 1. The second-order valence-corrected chi connectivity index (χ2v) is 12.3. The van der Waals surface area contributed by atoms with Crippen molar-refractivity contribution in [2.45, 2.75) is 64.0 Å². The lowest BCUT2D eigenvalue weighted by molar-refractivity contribution is -0.139. The number of benzene rings is 1. The average Bonchev–Trinajstić information content (AvgIpc) is 3.42. The standard InChI is InChI=1S/C33H42N8O3/c1-23-21-35-13-16-40(23)32(43)26-9-11-27(12-10-26)41-29-19-30(44-18-17-39-14-3-2-4-15-39)36-22-28(29)37-33(41)38-31(42)25-7-5-24(20-34)6-8-25/h5-8,19,22-23,26-27,35H,2-4,9-18,21H2,1H3,(H,37,38,42)/t23-,26-,27+/m1/s1. The van der Waals surface area contributed by atoms with Gasteiger partial charge in [-0.1, -0.05) is 6.42 Å². The van der Waals surface area contributed by atoms with Crippen LogP contribution in [0.4, 0.5) is 0 Å². The number of aromatic nitrogens is 3. The van der Waals surface area contributed by atoms with Crippen molar-refractivity contribution in [2.75, 3.05) is 45.9 Å². The second kappa shape index (κ2) is 13.7. The fraction of sp³-hybridized carbons (Fsp3) is 0.545. The summed E-state index contributed by atoms with van der Waals surface area (Å²) in [6.07, 6.45) is 8.70. The first-order valence-electron chi connectivity index (χ1n) is 16.1. The van der Waals surface area contributed by atoms with Crippen LogP contribution in [0.15, 0.2) is 41.5 Å². The third kappa shape index (κ3) is 6.71. The Balaban J connectivity index is 1.25. The fourth-order valence-corrected chi connectivity index (χ4v) is 6.84. The molecule has 2 N–H and O–H groups in total. The zero-order chi connectivity index (χ0) is 30.5. The molecule has 3 aliphatic rings. The highest BCUT2D eigenvalue weighted by Crippen LogP contribution is 2.35. The Morgan fingerprint density at radius 2 is 1.86 bits per heavy atom. The van der Waals surface area contributed by atoms with Crippen LogP contribution in [0, 0.1) is 17.2 Å². The van der Waals surface area contributed by atoms with Gasteiger partial charge in [-0.05, 0) is 82.8 Å². The number of nitriles is 1. The number of amides is 2. The first-order chi connectivity index (χ1) is 21.5. The van der Waals surface area contributed by atoms with Crippen molar-refractivity contribution in [1.29, 1.82) is 5.26 Å². The Morgan fingerprint density at radius 1 is 1.09 bits per heavy atom. The number of imidazole rings is 1. The molecule has 1 aromatic carbocycles. The number of nitrogens with one attached hydrogen (secondary N) is 2. The molecule has 0 radical (unpaired) electrons. The number of hydrogen-bond acceptors (Lipinski definition) is 7. The van der Waals surface area contributed by atoms with Gasteiger partial charge in [-0.15, -0.1) is 0 Å². The Labute approximate surface area is 257 Å². The lowest BCUT2D eigenvalue weighted by Gasteiger charge is -2.38. The second-order valence-electron chi connectivity index (χ2n) is 12.3. The number of piperazine rings is 1. The smallest absolute Gasteiger partial charge is 0.280 e. The third-order valence-corrected chi connectivity index (χ3v) is 9.36.